The first-order valence-corrected chi connectivity index (χ1v) is 12.1. The normalized spacial score (nSPS) is 20.8. The maximum atomic E-state index is 12.9. The van der Waals surface area contributed by atoms with Gasteiger partial charge in [-0.05, 0) is 64.2 Å². The van der Waals surface area contributed by atoms with E-state index in [-0.39, 0.29) is 16.7 Å². The Bertz CT molecular complexity index is 932. The molecule has 1 N–H and O–H groups in total. The van der Waals surface area contributed by atoms with Crippen molar-refractivity contribution in [3.05, 3.63) is 42.0 Å². The van der Waals surface area contributed by atoms with Crippen molar-refractivity contribution in [3.8, 4) is 0 Å². The second-order valence-electron chi connectivity index (χ2n) is 9.35. The van der Waals surface area contributed by atoms with Crippen LogP contribution < -0.4 is 5.32 Å². The monoisotopic (exact) mass is 429 g/mol. The van der Waals surface area contributed by atoms with Crippen LogP contribution in [0.5, 0.6) is 0 Å². The van der Waals surface area contributed by atoms with Crippen molar-refractivity contribution in [3.63, 3.8) is 0 Å². The van der Waals surface area contributed by atoms with Crippen LogP contribution in [0.1, 0.15) is 69.8 Å². The molecule has 1 aliphatic carbocycles. The highest BCUT2D eigenvalue weighted by Crippen LogP contribution is 2.38. The predicted octanol–water partition coefficient (Wildman–Crippen LogP) is 4.07. The first-order chi connectivity index (χ1) is 14.3. The molecule has 0 spiro atoms. The van der Waals surface area contributed by atoms with Gasteiger partial charge in [-0.1, -0.05) is 12.1 Å². The van der Waals surface area contributed by atoms with E-state index in [4.69, 9.17) is 0 Å². The zero-order valence-corrected chi connectivity index (χ0v) is 18.8. The van der Waals surface area contributed by atoms with Gasteiger partial charge in [0.15, 0.2) is 0 Å². The number of nitrogens with one attached hydrogen (secondary N) is 1. The summed E-state index contributed by atoms with van der Waals surface area (Å²) in [4.78, 5) is 14.8. The number of carbonyl (C=O) groups is 1. The standard InChI is InChI=1S/C22H31N5O2S/c1-22(2,3)30(29)14-16-6-4-8-18(12-16)24-21(28)26-11-5-7-17(13-26)20-25-23-15-27(20)19-9-10-19/h4,6,8,12,15,17,19H,5,7,9-11,13-14H2,1-3H3,(H,24,28)/t17-,30-/m1/s1. The van der Waals surface area contributed by atoms with E-state index in [0.29, 0.717) is 18.3 Å². The molecule has 1 saturated heterocycles. The van der Waals surface area contributed by atoms with Gasteiger partial charge in [0.2, 0.25) is 0 Å². The van der Waals surface area contributed by atoms with E-state index in [1.54, 1.807) is 0 Å². The minimum absolute atomic E-state index is 0.0914. The zero-order chi connectivity index (χ0) is 21.3. The molecular weight excluding hydrogens is 398 g/mol. The zero-order valence-electron chi connectivity index (χ0n) is 18.0. The molecule has 2 aliphatic rings. The average molecular weight is 430 g/mol. The third kappa shape index (κ3) is 4.91. The number of amides is 2. The molecule has 2 atom stereocenters. The van der Waals surface area contributed by atoms with Crippen LogP contribution in [0.25, 0.3) is 0 Å². The summed E-state index contributed by atoms with van der Waals surface area (Å²) >= 11 is 0. The number of likely N-dealkylation sites (tertiary alicyclic amines) is 1. The van der Waals surface area contributed by atoms with Gasteiger partial charge in [-0.25, -0.2) is 4.79 Å². The Labute approximate surface area is 180 Å². The van der Waals surface area contributed by atoms with Gasteiger partial charge in [0, 0.05) is 52.0 Å². The number of hydrogen-bond acceptors (Lipinski definition) is 4. The number of aromatic nitrogens is 3. The second kappa shape index (κ2) is 8.49. The highest BCUT2D eigenvalue weighted by atomic mass is 32.2. The van der Waals surface area contributed by atoms with Gasteiger partial charge >= 0.3 is 6.03 Å². The highest BCUT2D eigenvalue weighted by molar-refractivity contribution is 7.85. The number of anilines is 1. The van der Waals surface area contributed by atoms with Gasteiger partial charge < -0.3 is 14.8 Å². The summed E-state index contributed by atoms with van der Waals surface area (Å²) in [5.41, 5.74) is 1.71. The topological polar surface area (TPSA) is 80.1 Å². The Morgan fingerprint density at radius 3 is 2.80 bits per heavy atom. The number of carbonyl (C=O) groups excluding carboxylic acids is 1. The Morgan fingerprint density at radius 1 is 1.27 bits per heavy atom. The lowest BCUT2D eigenvalue weighted by Gasteiger charge is -2.32. The molecule has 1 aromatic carbocycles. The molecule has 4 rings (SSSR count). The predicted molar refractivity (Wildman–Crippen MR) is 119 cm³/mol. The van der Waals surface area contributed by atoms with Crippen LogP contribution >= 0.6 is 0 Å². The summed E-state index contributed by atoms with van der Waals surface area (Å²) in [7, 11) is -0.975. The summed E-state index contributed by atoms with van der Waals surface area (Å²) < 4.78 is 14.4. The summed E-state index contributed by atoms with van der Waals surface area (Å²) in [6, 6.07) is 8.12. The number of piperidine rings is 1. The first kappa shape index (κ1) is 21.0. The van der Waals surface area contributed by atoms with Crippen molar-refractivity contribution in [2.24, 2.45) is 0 Å². The molecule has 7 nitrogen and oxygen atoms in total. The average Bonchev–Trinajstić information content (AvgIpc) is 3.44. The summed E-state index contributed by atoms with van der Waals surface area (Å²) in [6.45, 7) is 7.33. The third-order valence-corrected chi connectivity index (χ3v) is 7.74. The molecule has 2 amide bonds. The fourth-order valence-electron chi connectivity index (χ4n) is 3.86. The van der Waals surface area contributed by atoms with Crippen molar-refractivity contribution in [1.82, 2.24) is 19.7 Å². The molecule has 8 heteroatoms. The highest BCUT2D eigenvalue weighted by Gasteiger charge is 2.32. The van der Waals surface area contributed by atoms with Crippen LogP contribution in [-0.2, 0) is 16.6 Å². The van der Waals surface area contributed by atoms with Gasteiger partial charge in [0.1, 0.15) is 12.2 Å². The molecular formula is C22H31N5O2S. The number of nitrogens with zero attached hydrogens (tertiary/aromatic N) is 4. The summed E-state index contributed by atoms with van der Waals surface area (Å²) in [5, 5.41) is 11.5. The van der Waals surface area contributed by atoms with Crippen LogP contribution in [0, 0.1) is 0 Å². The fourth-order valence-corrected chi connectivity index (χ4v) is 4.77. The van der Waals surface area contributed by atoms with Crippen LogP contribution in [0.2, 0.25) is 0 Å². The molecule has 1 saturated carbocycles. The molecule has 2 heterocycles. The van der Waals surface area contributed by atoms with Gasteiger partial charge in [0.05, 0.1) is 0 Å². The van der Waals surface area contributed by atoms with Gasteiger partial charge in [-0.15, -0.1) is 10.2 Å². The molecule has 162 valence electrons. The molecule has 2 aromatic rings. The van der Waals surface area contributed by atoms with E-state index in [9.17, 15) is 9.00 Å². The minimum Gasteiger partial charge on any atom is -0.324 e. The maximum absolute atomic E-state index is 12.9. The lowest BCUT2D eigenvalue weighted by Crippen LogP contribution is -2.42. The van der Waals surface area contributed by atoms with Crippen molar-refractivity contribution in [2.75, 3.05) is 18.4 Å². The molecule has 1 aliphatic heterocycles. The number of hydrogen-bond donors (Lipinski definition) is 1. The van der Waals surface area contributed by atoms with E-state index in [1.807, 2.05) is 56.3 Å². The van der Waals surface area contributed by atoms with Crippen molar-refractivity contribution in [1.29, 1.82) is 0 Å². The molecule has 1 aromatic heterocycles. The van der Waals surface area contributed by atoms with Crippen molar-refractivity contribution < 1.29 is 9.00 Å². The van der Waals surface area contributed by atoms with E-state index in [1.165, 1.54) is 12.8 Å². The van der Waals surface area contributed by atoms with Crippen molar-refractivity contribution >= 4 is 22.5 Å². The maximum Gasteiger partial charge on any atom is 0.321 e. The number of rotatable bonds is 5. The fraction of sp³-hybridized carbons (Fsp3) is 0.591. The van der Waals surface area contributed by atoms with E-state index in [0.717, 1.165) is 36.5 Å². The van der Waals surface area contributed by atoms with E-state index >= 15 is 0 Å². The van der Waals surface area contributed by atoms with Crippen LogP contribution in [0.3, 0.4) is 0 Å². The van der Waals surface area contributed by atoms with Gasteiger partial charge in [-0.3, -0.25) is 4.21 Å². The van der Waals surface area contributed by atoms with E-state index in [2.05, 4.69) is 20.1 Å². The van der Waals surface area contributed by atoms with Gasteiger partial charge in [-0.2, -0.15) is 0 Å². The molecule has 0 unspecified atom stereocenters. The largest absolute Gasteiger partial charge is 0.324 e. The molecule has 0 radical (unpaired) electrons. The second-order valence-corrected chi connectivity index (χ2v) is 11.5. The molecule has 0 bridgehead atoms. The third-order valence-electron chi connectivity index (χ3n) is 5.77. The van der Waals surface area contributed by atoms with Crippen LogP contribution in [-0.4, -0.2) is 47.7 Å². The minimum atomic E-state index is -0.975. The Balaban J connectivity index is 1.39. The SMILES string of the molecule is CC(C)(C)[S@](=O)Cc1cccc(NC(=O)N2CCC[C@@H](c3nncn3C3CC3)C2)c1. The first-order valence-electron chi connectivity index (χ1n) is 10.7. The molecule has 30 heavy (non-hydrogen) atoms. The van der Waals surface area contributed by atoms with Gasteiger partial charge in [0.25, 0.3) is 0 Å². The molecule has 2 fully saturated rings. The smallest absolute Gasteiger partial charge is 0.321 e. The number of benzene rings is 1. The quantitative estimate of drug-likeness (QED) is 0.777. The Kier molecular flexibility index (Phi) is 5.95. The number of urea groups is 1. The van der Waals surface area contributed by atoms with Crippen LogP contribution in [0.15, 0.2) is 30.6 Å². The Hall–Kier alpha value is -2.22. The van der Waals surface area contributed by atoms with Crippen molar-refractivity contribution in [2.45, 2.75) is 68.9 Å². The Morgan fingerprint density at radius 2 is 2.07 bits per heavy atom. The van der Waals surface area contributed by atoms with Crippen LogP contribution in [0.4, 0.5) is 10.5 Å². The summed E-state index contributed by atoms with van der Waals surface area (Å²) in [5.74, 6) is 1.73. The lowest BCUT2D eigenvalue weighted by atomic mass is 9.97. The van der Waals surface area contributed by atoms with E-state index < -0.39 is 10.8 Å². The summed E-state index contributed by atoms with van der Waals surface area (Å²) in [6.07, 6.45) is 6.21. The lowest BCUT2D eigenvalue weighted by molar-refractivity contribution is 0.190.